The molecule has 0 aromatic rings. The van der Waals surface area contributed by atoms with Crippen LogP contribution in [0.15, 0.2) is 0 Å². The average Bonchev–Trinajstić information content (AvgIpc) is 2.86. The number of carboxylic acid groups (broad SMARTS) is 1. The number of rotatable bonds is 10. The van der Waals surface area contributed by atoms with Gasteiger partial charge in [-0.15, -0.1) is 0 Å². The molecule has 0 spiro atoms. The van der Waals surface area contributed by atoms with Gasteiger partial charge in [0, 0.05) is 13.2 Å². The summed E-state index contributed by atoms with van der Waals surface area (Å²) >= 11 is 0. The maximum atomic E-state index is 11.2. The number of carbonyl (C=O) groups is 1. The molecule has 1 saturated heterocycles. The first-order valence-electron chi connectivity index (χ1n) is 7.26. The fraction of sp³-hybridized carbons (Fsp3) is 0.929. The second-order valence-electron chi connectivity index (χ2n) is 5.33. The number of aliphatic carboxylic acids is 1. The van der Waals surface area contributed by atoms with Crippen LogP contribution in [0.4, 0.5) is 0 Å². The van der Waals surface area contributed by atoms with Crippen molar-refractivity contribution in [3.05, 3.63) is 0 Å². The van der Waals surface area contributed by atoms with E-state index in [0.29, 0.717) is 26.2 Å². The summed E-state index contributed by atoms with van der Waals surface area (Å²) in [6.07, 6.45) is 4.86. The van der Waals surface area contributed by atoms with Gasteiger partial charge >= 0.3 is 5.97 Å². The normalized spacial score (nSPS) is 22.3. The van der Waals surface area contributed by atoms with E-state index in [2.05, 4.69) is 5.32 Å². The van der Waals surface area contributed by atoms with Crippen molar-refractivity contribution >= 4 is 5.97 Å². The van der Waals surface area contributed by atoms with Crippen molar-refractivity contribution in [3.63, 3.8) is 0 Å². The number of carboxylic acids is 1. The SMILES string of the molecule is CCNC(C)(CCCCOCC1CCCO1)C(=O)O. The van der Waals surface area contributed by atoms with Crippen LogP contribution in [0.25, 0.3) is 0 Å². The van der Waals surface area contributed by atoms with Crippen molar-refractivity contribution in [1.29, 1.82) is 0 Å². The van der Waals surface area contributed by atoms with Crippen LogP contribution in [-0.2, 0) is 14.3 Å². The molecule has 5 nitrogen and oxygen atoms in total. The minimum atomic E-state index is -0.816. The Morgan fingerprint density at radius 1 is 1.53 bits per heavy atom. The van der Waals surface area contributed by atoms with Crippen molar-refractivity contribution < 1.29 is 19.4 Å². The van der Waals surface area contributed by atoms with E-state index in [1.807, 2.05) is 6.92 Å². The molecule has 0 aromatic heterocycles. The van der Waals surface area contributed by atoms with E-state index in [1.165, 1.54) is 0 Å². The van der Waals surface area contributed by atoms with Crippen molar-refractivity contribution in [1.82, 2.24) is 5.32 Å². The highest BCUT2D eigenvalue weighted by atomic mass is 16.5. The van der Waals surface area contributed by atoms with E-state index >= 15 is 0 Å². The van der Waals surface area contributed by atoms with Crippen molar-refractivity contribution in [3.8, 4) is 0 Å². The van der Waals surface area contributed by atoms with Gasteiger partial charge in [-0.1, -0.05) is 6.92 Å². The molecule has 19 heavy (non-hydrogen) atoms. The van der Waals surface area contributed by atoms with E-state index in [4.69, 9.17) is 9.47 Å². The fourth-order valence-electron chi connectivity index (χ4n) is 2.33. The third kappa shape index (κ3) is 5.89. The largest absolute Gasteiger partial charge is 0.480 e. The molecule has 1 fully saturated rings. The molecule has 5 heteroatoms. The van der Waals surface area contributed by atoms with Crippen LogP contribution in [0.3, 0.4) is 0 Å². The Labute approximate surface area is 115 Å². The Kier molecular flexibility index (Phi) is 7.34. The van der Waals surface area contributed by atoms with Crippen LogP contribution in [0.1, 0.15) is 46.0 Å². The lowest BCUT2D eigenvalue weighted by Gasteiger charge is -2.25. The van der Waals surface area contributed by atoms with E-state index in [9.17, 15) is 9.90 Å². The molecule has 0 aromatic carbocycles. The minimum Gasteiger partial charge on any atom is -0.480 e. The first-order valence-corrected chi connectivity index (χ1v) is 7.26. The number of unbranched alkanes of at least 4 members (excludes halogenated alkanes) is 1. The van der Waals surface area contributed by atoms with Crippen LogP contribution in [0.5, 0.6) is 0 Å². The zero-order valence-corrected chi connectivity index (χ0v) is 12.1. The average molecular weight is 273 g/mol. The van der Waals surface area contributed by atoms with Gasteiger partial charge in [0.1, 0.15) is 5.54 Å². The highest BCUT2D eigenvalue weighted by molar-refractivity contribution is 5.78. The number of ether oxygens (including phenoxy) is 2. The summed E-state index contributed by atoms with van der Waals surface area (Å²) in [6.45, 7) is 6.54. The predicted molar refractivity (Wildman–Crippen MR) is 73.4 cm³/mol. The smallest absolute Gasteiger partial charge is 0.323 e. The van der Waals surface area contributed by atoms with Crippen LogP contribution < -0.4 is 5.32 Å². The number of likely N-dealkylation sites (N-methyl/N-ethyl adjacent to an activating group) is 1. The van der Waals surface area contributed by atoms with Crippen molar-refractivity contribution in [2.45, 2.75) is 57.6 Å². The third-order valence-corrected chi connectivity index (χ3v) is 3.58. The van der Waals surface area contributed by atoms with Gasteiger partial charge in [0.2, 0.25) is 0 Å². The first-order chi connectivity index (χ1) is 9.08. The Morgan fingerprint density at radius 2 is 2.32 bits per heavy atom. The summed E-state index contributed by atoms with van der Waals surface area (Å²) in [7, 11) is 0. The predicted octanol–water partition coefficient (Wildman–Crippen LogP) is 1.81. The molecule has 2 N–H and O–H groups in total. The summed E-state index contributed by atoms with van der Waals surface area (Å²) in [5.41, 5.74) is -0.816. The lowest BCUT2D eigenvalue weighted by molar-refractivity contribution is -0.144. The third-order valence-electron chi connectivity index (χ3n) is 3.58. The second-order valence-corrected chi connectivity index (χ2v) is 5.33. The van der Waals surface area contributed by atoms with Gasteiger partial charge in [-0.3, -0.25) is 4.79 Å². The maximum absolute atomic E-state index is 11.2. The van der Waals surface area contributed by atoms with Crippen LogP contribution in [0.2, 0.25) is 0 Å². The van der Waals surface area contributed by atoms with E-state index < -0.39 is 11.5 Å². The summed E-state index contributed by atoms with van der Waals surface area (Å²) in [6, 6.07) is 0. The molecule has 0 aliphatic carbocycles. The van der Waals surface area contributed by atoms with E-state index in [0.717, 1.165) is 32.3 Å². The van der Waals surface area contributed by atoms with Crippen LogP contribution >= 0.6 is 0 Å². The number of hydrogen-bond donors (Lipinski definition) is 2. The Bertz CT molecular complexity index is 266. The summed E-state index contributed by atoms with van der Waals surface area (Å²) < 4.78 is 11.0. The Morgan fingerprint density at radius 3 is 2.89 bits per heavy atom. The van der Waals surface area contributed by atoms with Gasteiger partial charge in [0.15, 0.2) is 0 Å². The minimum absolute atomic E-state index is 0.269. The Balaban J connectivity index is 2.06. The van der Waals surface area contributed by atoms with Crippen molar-refractivity contribution in [2.24, 2.45) is 0 Å². The fourth-order valence-corrected chi connectivity index (χ4v) is 2.33. The number of nitrogens with one attached hydrogen (secondary N) is 1. The Hall–Kier alpha value is -0.650. The van der Waals surface area contributed by atoms with Gasteiger partial charge in [-0.25, -0.2) is 0 Å². The van der Waals surface area contributed by atoms with Gasteiger partial charge in [-0.2, -0.15) is 0 Å². The highest BCUT2D eigenvalue weighted by Crippen LogP contribution is 2.15. The summed E-state index contributed by atoms with van der Waals surface area (Å²) in [5, 5.41) is 12.2. The molecule has 1 aliphatic heterocycles. The zero-order valence-electron chi connectivity index (χ0n) is 12.1. The zero-order chi connectivity index (χ0) is 14.1. The quantitative estimate of drug-likeness (QED) is 0.594. The van der Waals surface area contributed by atoms with Gasteiger partial charge < -0.3 is 19.9 Å². The monoisotopic (exact) mass is 273 g/mol. The lowest BCUT2D eigenvalue weighted by Crippen LogP contribution is -2.49. The van der Waals surface area contributed by atoms with E-state index in [-0.39, 0.29) is 6.10 Å². The first kappa shape index (κ1) is 16.4. The van der Waals surface area contributed by atoms with Crippen LogP contribution in [0, 0.1) is 0 Å². The molecule has 1 rings (SSSR count). The molecular weight excluding hydrogens is 246 g/mol. The molecule has 1 heterocycles. The summed E-state index contributed by atoms with van der Waals surface area (Å²) in [4.78, 5) is 11.2. The molecule has 1 aliphatic rings. The van der Waals surface area contributed by atoms with Gasteiger partial charge in [0.05, 0.1) is 12.7 Å². The molecule has 112 valence electrons. The molecule has 0 radical (unpaired) electrons. The topological polar surface area (TPSA) is 67.8 Å². The summed E-state index contributed by atoms with van der Waals surface area (Å²) in [5.74, 6) is -0.783. The highest BCUT2D eigenvalue weighted by Gasteiger charge is 2.30. The molecular formula is C14H27NO4. The lowest BCUT2D eigenvalue weighted by atomic mass is 9.95. The molecule has 0 saturated carbocycles. The van der Waals surface area contributed by atoms with Crippen molar-refractivity contribution in [2.75, 3.05) is 26.4 Å². The molecule has 0 amide bonds. The van der Waals surface area contributed by atoms with Gasteiger partial charge in [0.25, 0.3) is 0 Å². The molecule has 2 atom stereocenters. The molecule has 0 bridgehead atoms. The van der Waals surface area contributed by atoms with Crippen LogP contribution in [-0.4, -0.2) is 49.1 Å². The standard InChI is InChI=1S/C14H27NO4/c1-3-15-14(2,13(16)17)8-4-5-9-18-11-12-7-6-10-19-12/h12,15H,3-11H2,1-2H3,(H,16,17). The van der Waals surface area contributed by atoms with E-state index in [1.54, 1.807) is 6.92 Å². The maximum Gasteiger partial charge on any atom is 0.323 e. The second kappa shape index (κ2) is 8.51. The van der Waals surface area contributed by atoms with Gasteiger partial charge in [-0.05, 0) is 45.6 Å². The number of hydrogen-bond acceptors (Lipinski definition) is 4. The molecule has 2 unspecified atom stereocenters.